The number of ketones is 1. The fraction of sp³-hybridized carbons (Fsp3) is 0.111. The van der Waals surface area contributed by atoms with Gasteiger partial charge in [0.2, 0.25) is 0 Å². The maximum absolute atomic E-state index is 12.8. The highest BCUT2D eigenvalue weighted by Gasteiger charge is 2.17. The minimum atomic E-state index is -3.01. The Morgan fingerprint density at radius 1 is 1.25 bits per heavy atom. The highest BCUT2D eigenvalue weighted by molar-refractivity contribution is 6.12. The summed E-state index contributed by atoms with van der Waals surface area (Å²) in [5, 5.41) is 5.19. The minimum Gasteiger partial charge on any atom is -0.433 e. The zero-order valence-corrected chi connectivity index (χ0v) is 12.8. The largest absolute Gasteiger partial charge is 0.433 e. The Morgan fingerprint density at radius 3 is 2.75 bits per heavy atom. The van der Waals surface area contributed by atoms with Crippen LogP contribution in [0.3, 0.4) is 0 Å². The number of hydrogen-bond donors (Lipinski definition) is 0. The summed E-state index contributed by atoms with van der Waals surface area (Å²) in [4.78, 5) is 12.4. The number of halogens is 2. The van der Waals surface area contributed by atoms with E-state index >= 15 is 0 Å². The minimum absolute atomic E-state index is 0.0918. The molecule has 0 unspecified atom stereocenters. The van der Waals surface area contributed by atoms with Gasteiger partial charge in [0.15, 0.2) is 5.78 Å². The van der Waals surface area contributed by atoms with E-state index in [2.05, 4.69) is 9.84 Å². The molecule has 0 N–H and O–H groups in total. The van der Waals surface area contributed by atoms with Crippen molar-refractivity contribution in [2.45, 2.75) is 6.61 Å². The van der Waals surface area contributed by atoms with E-state index in [-0.39, 0.29) is 11.3 Å². The van der Waals surface area contributed by atoms with E-state index in [0.29, 0.717) is 5.39 Å². The summed E-state index contributed by atoms with van der Waals surface area (Å²) in [6, 6.07) is 10.1. The number of aromatic nitrogens is 2. The Morgan fingerprint density at radius 2 is 2.04 bits per heavy atom. The summed E-state index contributed by atoms with van der Waals surface area (Å²) >= 11 is 0. The molecular weight excluding hydrogens is 314 g/mol. The summed E-state index contributed by atoms with van der Waals surface area (Å²) in [7, 11) is 1.76. The first-order valence-corrected chi connectivity index (χ1v) is 7.22. The summed E-state index contributed by atoms with van der Waals surface area (Å²) in [6.07, 6.45) is 6.23. The Balaban J connectivity index is 2.01. The van der Waals surface area contributed by atoms with Crippen LogP contribution in [0.5, 0.6) is 5.75 Å². The lowest BCUT2D eigenvalue weighted by molar-refractivity contribution is -0.0490. The molecule has 0 aliphatic carbocycles. The van der Waals surface area contributed by atoms with Gasteiger partial charge >= 0.3 is 6.61 Å². The molecule has 0 spiro atoms. The van der Waals surface area contributed by atoms with Gasteiger partial charge in [0.1, 0.15) is 5.75 Å². The molecule has 0 amide bonds. The van der Waals surface area contributed by atoms with Crippen LogP contribution in [0, 0.1) is 0 Å². The van der Waals surface area contributed by atoms with Crippen molar-refractivity contribution >= 4 is 22.6 Å². The lowest BCUT2D eigenvalue weighted by Gasteiger charge is -2.12. The number of hydrogen-bond acceptors (Lipinski definition) is 3. The number of nitrogens with zero attached hydrogens (tertiary/aromatic N) is 2. The van der Waals surface area contributed by atoms with Gasteiger partial charge in [-0.05, 0) is 23.6 Å². The van der Waals surface area contributed by atoms with Gasteiger partial charge in [-0.25, -0.2) is 0 Å². The van der Waals surface area contributed by atoms with Crippen molar-refractivity contribution in [2.75, 3.05) is 0 Å². The second-order valence-electron chi connectivity index (χ2n) is 5.19. The number of alkyl halides is 2. The fourth-order valence-corrected chi connectivity index (χ4v) is 2.44. The molecule has 122 valence electrons. The third-order valence-electron chi connectivity index (χ3n) is 3.50. The topological polar surface area (TPSA) is 44.1 Å². The number of carbonyl (C=O) groups is 1. The van der Waals surface area contributed by atoms with E-state index in [4.69, 9.17) is 0 Å². The Hall–Kier alpha value is -3.02. The molecule has 0 saturated carbocycles. The average Bonchev–Trinajstić information content (AvgIpc) is 2.98. The molecule has 1 aromatic heterocycles. The summed E-state index contributed by atoms with van der Waals surface area (Å²) in [5.41, 5.74) is 0.831. The maximum atomic E-state index is 12.8. The smallest absolute Gasteiger partial charge is 0.387 e. The number of benzene rings is 2. The predicted molar refractivity (Wildman–Crippen MR) is 87.2 cm³/mol. The van der Waals surface area contributed by atoms with Gasteiger partial charge in [0, 0.05) is 24.2 Å². The van der Waals surface area contributed by atoms with Crippen molar-refractivity contribution in [1.82, 2.24) is 9.78 Å². The number of aryl methyl sites for hydroxylation is 1. The molecule has 6 heteroatoms. The lowest BCUT2D eigenvalue weighted by atomic mass is 10.0. The summed E-state index contributed by atoms with van der Waals surface area (Å²) in [6.45, 7) is -3.01. The zero-order chi connectivity index (χ0) is 17.1. The van der Waals surface area contributed by atoms with Crippen molar-refractivity contribution in [3.63, 3.8) is 0 Å². The van der Waals surface area contributed by atoms with Crippen LogP contribution >= 0.6 is 0 Å². The van der Waals surface area contributed by atoms with E-state index in [1.54, 1.807) is 60.5 Å². The lowest BCUT2D eigenvalue weighted by Crippen LogP contribution is -2.07. The van der Waals surface area contributed by atoms with Crippen LogP contribution in [0.15, 0.2) is 54.9 Å². The highest BCUT2D eigenvalue weighted by Crippen LogP contribution is 2.31. The van der Waals surface area contributed by atoms with Crippen LogP contribution in [-0.4, -0.2) is 22.2 Å². The van der Waals surface area contributed by atoms with E-state index in [1.807, 2.05) is 0 Å². The number of rotatable bonds is 5. The Labute approximate surface area is 137 Å². The molecule has 3 aromatic rings. The van der Waals surface area contributed by atoms with E-state index in [0.717, 1.165) is 10.9 Å². The third-order valence-corrected chi connectivity index (χ3v) is 3.50. The van der Waals surface area contributed by atoms with Crippen LogP contribution < -0.4 is 4.74 Å². The molecule has 4 nitrogen and oxygen atoms in total. The molecule has 24 heavy (non-hydrogen) atoms. The average molecular weight is 328 g/mol. The fourth-order valence-electron chi connectivity index (χ4n) is 2.44. The van der Waals surface area contributed by atoms with Crippen LogP contribution in [0.25, 0.3) is 16.8 Å². The normalized spacial score (nSPS) is 11.5. The van der Waals surface area contributed by atoms with Gasteiger partial charge in [-0.3, -0.25) is 9.48 Å². The Bertz CT molecular complexity index is 916. The van der Waals surface area contributed by atoms with E-state index in [1.165, 1.54) is 12.1 Å². The molecule has 0 saturated heterocycles. The van der Waals surface area contributed by atoms with Gasteiger partial charge in [0.25, 0.3) is 0 Å². The van der Waals surface area contributed by atoms with Crippen molar-refractivity contribution in [3.8, 4) is 5.75 Å². The zero-order valence-electron chi connectivity index (χ0n) is 12.8. The highest BCUT2D eigenvalue weighted by atomic mass is 19.3. The van der Waals surface area contributed by atoms with Gasteiger partial charge in [0.05, 0.1) is 11.8 Å². The number of carbonyl (C=O) groups excluding carboxylic acids is 1. The molecule has 1 heterocycles. The van der Waals surface area contributed by atoms with Crippen LogP contribution in [0.2, 0.25) is 0 Å². The predicted octanol–water partition coefficient (Wildman–Crippen LogP) is 4.07. The molecule has 0 fully saturated rings. The second-order valence-corrected chi connectivity index (χ2v) is 5.19. The Kier molecular flexibility index (Phi) is 4.37. The first kappa shape index (κ1) is 15.9. The number of allylic oxidation sites excluding steroid dienone is 1. The van der Waals surface area contributed by atoms with Gasteiger partial charge in [-0.2, -0.15) is 13.9 Å². The SMILES string of the molecule is Cn1cc(/C=C/C(=O)c2ccc3ccccc3c2OC(F)F)cn1. The summed E-state index contributed by atoms with van der Waals surface area (Å²) in [5.74, 6) is -0.524. The summed E-state index contributed by atoms with van der Waals surface area (Å²) < 4.78 is 31.8. The van der Waals surface area contributed by atoms with Crippen molar-refractivity contribution in [3.05, 3.63) is 66.0 Å². The van der Waals surface area contributed by atoms with Gasteiger partial charge < -0.3 is 4.74 Å². The first-order valence-electron chi connectivity index (χ1n) is 7.22. The van der Waals surface area contributed by atoms with Crippen molar-refractivity contribution in [2.24, 2.45) is 7.05 Å². The van der Waals surface area contributed by atoms with E-state index < -0.39 is 12.4 Å². The van der Waals surface area contributed by atoms with Gasteiger partial charge in [-0.15, -0.1) is 0 Å². The quantitative estimate of drug-likeness (QED) is 0.524. The molecule has 3 rings (SSSR count). The number of fused-ring (bicyclic) bond motifs is 1. The number of ether oxygens (including phenoxy) is 1. The maximum Gasteiger partial charge on any atom is 0.387 e. The molecule has 0 radical (unpaired) electrons. The molecule has 0 aliphatic heterocycles. The van der Waals surface area contributed by atoms with E-state index in [9.17, 15) is 13.6 Å². The van der Waals surface area contributed by atoms with Crippen LogP contribution in [0.4, 0.5) is 8.78 Å². The van der Waals surface area contributed by atoms with Crippen molar-refractivity contribution in [1.29, 1.82) is 0 Å². The van der Waals surface area contributed by atoms with Crippen LogP contribution in [-0.2, 0) is 7.05 Å². The third kappa shape index (κ3) is 3.32. The standard InChI is InChI=1S/C18H14F2N2O2/c1-22-11-12(10-21-22)6-9-16(23)15-8-7-13-4-2-3-5-14(13)17(15)24-18(19)20/h2-11,18H,1H3/b9-6+. The molecular formula is C18H14F2N2O2. The van der Waals surface area contributed by atoms with Gasteiger partial charge in [-0.1, -0.05) is 30.3 Å². The molecule has 0 atom stereocenters. The first-order chi connectivity index (χ1) is 11.5. The van der Waals surface area contributed by atoms with Crippen molar-refractivity contribution < 1.29 is 18.3 Å². The molecule has 0 aliphatic rings. The monoisotopic (exact) mass is 328 g/mol. The second kappa shape index (κ2) is 6.62. The molecule has 0 bridgehead atoms. The molecule has 2 aromatic carbocycles. The van der Waals surface area contributed by atoms with Crippen LogP contribution in [0.1, 0.15) is 15.9 Å².